The van der Waals surface area contributed by atoms with Gasteiger partial charge < -0.3 is 5.32 Å². The van der Waals surface area contributed by atoms with Gasteiger partial charge in [-0.2, -0.15) is 0 Å². The van der Waals surface area contributed by atoms with E-state index in [1.807, 2.05) is 23.7 Å². The fourth-order valence-corrected chi connectivity index (χ4v) is 2.10. The summed E-state index contributed by atoms with van der Waals surface area (Å²) in [6, 6.07) is 4.35. The molecule has 0 saturated heterocycles. The number of aromatic nitrogens is 2. The maximum atomic E-state index is 4.49. The SMILES string of the molecule is CC(C)Nc1nc(-c2cccnc2)cs1. The third-order valence-corrected chi connectivity index (χ3v) is 2.65. The molecule has 0 aliphatic rings. The Morgan fingerprint density at radius 2 is 2.27 bits per heavy atom. The largest absolute Gasteiger partial charge is 0.359 e. The maximum absolute atomic E-state index is 4.49. The lowest BCUT2D eigenvalue weighted by molar-refractivity contribution is 0.897. The van der Waals surface area contributed by atoms with E-state index in [4.69, 9.17) is 0 Å². The summed E-state index contributed by atoms with van der Waals surface area (Å²) >= 11 is 1.62. The van der Waals surface area contributed by atoms with Crippen LogP contribution in [0.3, 0.4) is 0 Å². The molecule has 0 spiro atoms. The molecule has 0 amide bonds. The second-order valence-corrected chi connectivity index (χ2v) is 4.44. The molecule has 15 heavy (non-hydrogen) atoms. The van der Waals surface area contributed by atoms with E-state index < -0.39 is 0 Å². The van der Waals surface area contributed by atoms with E-state index in [0.29, 0.717) is 6.04 Å². The lowest BCUT2D eigenvalue weighted by atomic mass is 10.2. The standard InChI is InChI=1S/C11H13N3S/c1-8(2)13-11-14-10(7-15-11)9-4-3-5-12-6-9/h3-8H,1-2H3,(H,13,14). The highest BCUT2D eigenvalue weighted by Crippen LogP contribution is 2.24. The Labute approximate surface area is 93.2 Å². The van der Waals surface area contributed by atoms with Crippen molar-refractivity contribution in [3.05, 3.63) is 29.9 Å². The highest BCUT2D eigenvalue weighted by atomic mass is 32.1. The zero-order chi connectivity index (χ0) is 10.7. The third-order valence-electron chi connectivity index (χ3n) is 1.87. The Hall–Kier alpha value is -1.42. The van der Waals surface area contributed by atoms with Crippen LogP contribution in [0.5, 0.6) is 0 Å². The Kier molecular flexibility index (Phi) is 2.97. The number of rotatable bonds is 3. The molecule has 2 heterocycles. The van der Waals surface area contributed by atoms with E-state index in [-0.39, 0.29) is 0 Å². The van der Waals surface area contributed by atoms with Crippen LogP contribution in [0.4, 0.5) is 5.13 Å². The van der Waals surface area contributed by atoms with Gasteiger partial charge in [-0.1, -0.05) is 0 Å². The van der Waals surface area contributed by atoms with Crippen LogP contribution in [-0.4, -0.2) is 16.0 Å². The van der Waals surface area contributed by atoms with Crippen LogP contribution in [0.15, 0.2) is 29.9 Å². The molecule has 0 unspecified atom stereocenters. The van der Waals surface area contributed by atoms with Gasteiger partial charge in [0.2, 0.25) is 0 Å². The van der Waals surface area contributed by atoms with Crippen molar-refractivity contribution in [1.82, 2.24) is 9.97 Å². The average Bonchev–Trinajstić information content (AvgIpc) is 2.67. The van der Waals surface area contributed by atoms with Crippen molar-refractivity contribution in [3.8, 4) is 11.3 Å². The van der Waals surface area contributed by atoms with Gasteiger partial charge in [0.15, 0.2) is 5.13 Å². The summed E-state index contributed by atoms with van der Waals surface area (Å²) in [7, 11) is 0. The van der Waals surface area contributed by atoms with Crippen molar-refractivity contribution in [2.45, 2.75) is 19.9 Å². The van der Waals surface area contributed by atoms with Gasteiger partial charge in [-0.05, 0) is 26.0 Å². The van der Waals surface area contributed by atoms with Gasteiger partial charge >= 0.3 is 0 Å². The number of pyridine rings is 1. The molecule has 0 aromatic carbocycles. The smallest absolute Gasteiger partial charge is 0.183 e. The first kappa shape index (κ1) is 10.1. The van der Waals surface area contributed by atoms with E-state index >= 15 is 0 Å². The number of thiazole rings is 1. The zero-order valence-corrected chi connectivity index (χ0v) is 9.58. The molecule has 78 valence electrons. The van der Waals surface area contributed by atoms with Gasteiger partial charge in [0, 0.05) is 29.4 Å². The monoisotopic (exact) mass is 219 g/mol. The van der Waals surface area contributed by atoms with Crippen molar-refractivity contribution in [3.63, 3.8) is 0 Å². The molecule has 2 aromatic rings. The summed E-state index contributed by atoms with van der Waals surface area (Å²) in [6.07, 6.45) is 3.59. The summed E-state index contributed by atoms with van der Waals surface area (Å²) in [5.74, 6) is 0. The van der Waals surface area contributed by atoms with Gasteiger partial charge in [0.25, 0.3) is 0 Å². The molecule has 0 radical (unpaired) electrons. The fraction of sp³-hybridized carbons (Fsp3) is 0.273. The Morgan fingerprint density at radius 3 is 2.93 bits per heavy atom. The zero-order valence-electron chi connectivity index (χ0n) is 8.77. The predicted molar refractivity (Wildman–Crippen MR) is 64.1 cm³/mol. The number of hydrogen-bond donors (Lipinski definition) is 1. The number of hydrogen-bond acceptors (Lipinski definition) is 4. The highest BCUT2D eigenvalue weighted by molar-refractivity contribution is 7.14. The minimum Gasteiger partial charge on any atom is -0.359 e. The Bertz CT molecular complexity index is 422. The van der Waals surface area contributed by atoms with E-state index in [2.05, 4.69) is 29.1 Å². The van der Waals surface area contributed by atoms with Crippen LogP contribution in [0.25, 0.3) is 11.3 Å². The quantitative estimate of drug-likeness (QED) is 0.862. The molecule has 0 aliphatic carbocycles. The molecule has 2 rings (SSSR count). The molecule has 1 N–H and O–H groups in total. The molecule has 0 aliphatic heterocycles. The van der Waals surface area contributed by atoms with E-state index in [1.54, 1.807) is 17.5 Å². The lowest BCUT2D eigenvalue weighted by Crippen LogP contribution is -2.08. The molecule has 4 heteroatoms. The van der Waals surface area contributed by atoms with Gasteiger partial charge in [-0.15, -0.1) is 11.3 Å². The maximum Gasteiger partial charge on any atom is 0.183 e. The van der Waals surface area contributed by atoms with Gasteiger partial charge in [0.05, 0.1) is 5.69 Å². The Balaban J connectivity index is 2.21. The molecule has 0 atom stereocenters. The van der Waals surface area contributed by atoms with Crippen molar-refractivity contribution >= 4 is 16.5 Å². The number of nitrogens with one attached hydrogen (secondary N) is 1. The summed E-state index contributed by atoms with van der Waals surface area (Å²) in [5, 5.41) is 6.29. The van der Waals surface area contributed by atoms with E-state index in [0.717, 1.165) is 16.4 Å². The number of anilines is 1. The highest BCUT2D eigenvalue weighted by Gasteiger charge is 2.04. The first-order chi connectivity index (χ1) is 7.25. The topological polar surface area (TPSA) is 37.8 Å². The third kappa shape index (κ3) is 2.53. The second kappa shape index (κ2) is 4.40. The minimum absolute atomic E-state index is 0.415. The van der Waals surface area contributed by atoms with E-state index in [9.17, 15) is 0 Å². The molecule has 0 bridgehead atoms. The Morgan fingerprint density at radius 1 is 1.40 bits per heavy atom. The number of nitrogens with zero attached hydrogens (tertiary/aromatic N) is 2. The lowest BCUT2D eigenvalue weighted by Gasteiger charge is -2.04. The first-order valence-corrected chi connectivity index (χ1v) is 5.76. The minimum atomic E-state index is 0.415. The van der Waals surface area contributed by atoms with Crippen LogP contribution >= 0.6 is 11.3 Å². The van der Waals surface area contributed by atoms with Crippen molar-refractivity contribution in [2.75, 3.05) is 5.32 Å². The predicted octanol–water partition coefficient (Wildman–Crippen LogP) is 3.03. The van der Waals surface area contributed by atoms with Crippen molar-refractivity contribution in [2.24, 2.45) is 0 Å². The van der Waals surface area contributed by atoms with Crippen molar-refractivity contribution in [1.29, 1.82) is 0 Å². The molecule has 3 nitrogen and oxygen atoms in total. The summed E-state index contributed by atoms with van der Waals surface area (Å²) in [6.45, 7) is 4.20. The van der Waals surface area contributed by atoms with Gasteiger partial charge in [0.1, 0.15) is 0 Å². The van der Waals surface area contributed by atoms with Crippen LogP contribution in [0.2, 0.25) is 0 Å². The van der Waals surface area contributed by atoms with Gasteiger partial charge in [-0.25, -0.2) is 4.98 Å². The summed E-state index contributed by atoms with van der Waals surface area (Å²) in [5.41, 5.74) is 2.04. The molecule has 0 saturated carbocycles. The van der Waals surface area contributed by atoms with Crippen molar-refractivity contribution < 1.29 is 0 Å². The summed E-state index contributed by atoms with van der Waals surface area (Å²) in [4.78, 5) is 8.56. The molecule has 0 fully saturated rings. The summed E-state index contributed by atoms with van der Waals surface area (Å²) < 4.78 is 0. The van der Waals surface area contributed by atoms with Crippen LogP contribution in [-0.2, 0) is 0 Å². The van der Waals surface area contributed by atoms with Gasteiger partial charge in [-0.3, -0.25) is 4.98 Å². The molecular formula is C11H13N3S. The average molecular weight is 219 g/mol. The van der Waals surface area contributed by atoms with Crippen LogP contribution in [0, 0.1) is 0 Å². The van der Waals surface area contributed by atoms with Crippen LogP contribution < -0.4 is 5.32 Å². The first-order valence-electron chi connectivity index (χ1n) is 4.88. The molecular weight excluding hydrogens is 206 g/mol. The molecule has 2 aromatic heterocycles. The van der Waals surface area contributed by atoms with E-state index in [1.165, 1.54) is 0 Å². The second-order valence-electron chi connectivity index (χ2n) is 3.58. The van der Waals surface area contributed by atoms with Crippen LogP contribution in [0.1, 0.15) is 13.8 Å². The fourth-order valence-electron chi connectivity index (χ4n) is 1.23. The normalized spacial score (nSPS) is 10.6.